The summed E-state index contributed by atoms with van der Waals surface area (Å²) < 4.78 is 0. The van der Waals surface area contributed by atoms with E-state index in [1.54, 1.807) is 6.92 Å². The zero-order valence-corrected chi connectivity index (χ0v) is 19.2. The lowest BCUT2D eigenvalue weighted by atomic mass is 9.60. The molecule has 1 aliphatic rings. The van der Waals surface area contributed by atoms with Gasteiger partial charge in [0.05, 0.1) is 10.8 Å². The van der Waals surface area contributed by atoms with E-state index in [1.807, 2.05) is 13.8 Å². The Hall–Kier alpha value is -2.83. The van der Waals surface area contributed by atoms with Crippen molar-refractivity contribution >= 4 is 17.3 Å². The van der Waals surface area contributed by atoms with Crippen LogP contribution in [0.5, 0.6) is 17.2 Å². The van der Waals surface area contributed by atoms with E-state index < -0.39 is 57.1 Å². The van der Waals surface area contributed by atoms with Crippen LogP contribution in [-0.4, -0.2) is 37.8 Å². The van der Waals surface area contributed by atoms with Gasteiger partial charge in [0.15, 0.2) is 17.3 Å². The molecule has 4 N–H and O–H groups in total. The van der Waals surface area contributed by atoms with E-state index in [9.17, 15) is 34.8 Å². The Bertz CT molecular complexity index is 980. The Morgan fingerprint density at radius 1 is 0.968 bits per heavy atom. The van der Waals surface area contributed by atoms with Gasteiger partial charge in [-0.1, -0.05) is 20.8 Å². The van der Waals surface area contributed by atoms with Gasteiger partial charge in [-0.05, 0) is 40.0 Å². The molecule has 0 unspecified atom stereocenters. The number of hydrogen-bond donors (Lipinski definition) is 4. The molecule has 0 saturated heterocycles. The Kier molecular flexibility index (Phi) is 6.32. The molecule has 7 heteroatoms. The van der Waals surface area contributed by atoms with Gasteiger partial charge in [-0.2, -0.15) is 0 Å². The third-order valence-corrected chi connectivity index (χ3v) is 6.10. The van der Waals surface area contributed by atoms with Crippen molar-refractivity contribution in [2.45, 2.75) is 67.2 Å². The van der Waals surface area contributed by atoms with Crippen LogP contribution in [0.2, 0.25) is 0 Å². The molecule has 1 aliphatic carbocycles. The fourth-order valence-electron chi connectivity index (χ4n) is 4.40. The number of Topliss-reactive ketones (excluding diaryl/α,β-unsaturated/α-hetero) is 3. The van der Waals surface area contributed by atoms with Crippen LogP contribution in [0.4, 0.5) is 0 Å². The van der Waals surface area contributed by atoms with Gasteiger partial charge in [0.1, 0.15) is 28.6 Å². The van der Waals surface area contributed by atoms with Crippen LogP contribution in [0.15, 0.2) is 17.4 Å². The highest BCUT2D eigenvalue weighted by Gasteiger charge is 2.55. The summed E-state index contributed by atoms with van der Waals surface area (Å²) in [7, 11) is 0. The predicted molar refractivity (Wildman–Crippen MR) is 115 cm³/mol. The number of phenols is 3. The average molecular weight is 433 g/mol. The predicted octanol–water partition coefficient (Wildman–Crippen LogP) is 4.54. The maximum atomic E-state index is 13.4. The first-order valence-corrected chi connectivity index (χ1v) is 10.4. The number of ketones is 3. The molecule has 1 atom stereocenters. The second-order valence-corrected chi connectivity index (χ2v) is 9.68. The molecule has 0 aliphatic heterocycles. The van der Waals surface area contributed by atoms with Crippen LogP contribution in [0.25, 0.3) is 0 Å². The van der Waals surface area contributed by atoms with Gasteiger partial charge in [0.2, 0.25) is 0 Å². The lowest BCUT2D eigenvalue weighted by molar-refractivity contribution is -0.144. The van der Waals surface area contributed by atoms with Crippen molar-refractivity contribution in [2.24, 2.45) is 16.7 Å². The van der Waals surface area contributed by atoms with Crippen LogP contribution in [0.3, 0.4) is 0 Å². The number of benzene rings is 1. The normalized spacial score (nSPS) is 19.1. The summed E-state index contributed by atoms with van der Waals surface area (Å²) in [6.45, 7) is 11.3. The van der Waals surface area contributed by atoms with Gasteiger partial charge >= 0.3 is 0 Å². The number of aliphatic hydroxyl groups excluding tert-OH is 1. The lowest BCUT2D eigenvalue weighted by Crippen LogP contribution is -2.49. The number of allylic oxidation sites excluding steroid dienone is 2. The second kappa shape index (κ2) is 8.02. The largest absolute Gasteiger partial charge is 0.511 e. The molecular formula is C24H32O7. The molecule has 31 heavy (non-hydrogen) atoms. The summed E-state index contributed by atoms with van der Waals surface area (Å²) in [6.07, 6.45) is 0.235. The van der Waals surface area contributed by atoms with Gasteiger partial charge < -0.3 is 20.4 Å². The summed E-state index contributed by atoms with van der Waals surface area (Å²) >= 11 is 0. The Morgan fingerprint density at radius 3 is 2.00 bits per heavy atom. The van der Waals surface area contributed by atoms with Gasteiger partial charge in [-0.25, -0.2) is 0 Å². The standard InChI is InChI=1S/C24H32O7/c1-8-13(25)18-15(27)10-14(26)16(19(18)28)12(9-11(2)3)17-20(29)23(4,5)22(31)24(6,7)21(17)30/h10-12,26-29H,8-9H2,1-7H3/t12-/m1/s1. The highest BCUT2D eigenvalue weighted by atomic mass is 16.3. The highest BCUT2D eigenvalue weighted by molar-refractivity contribution is 6.19. The van der Waals surface area contributed by atoms with E-state index in [0.29, 0.717) is 0 Å². The van der Waals surface area contributed by atoms with Crippen LogP contribution in [-0.2, 0) is 9.59 Å². The number of rotatable bonds is 6. The smallest absolute Gasteiger partial charge is 0.175 e. The Balaban J connectivity index is 2.94. The van der Waals surface area contributed by atoms with E-state index in [-0.39, 0.29) is 35.5 Å². The zero-order valence-electron chi connectivity index (χ0n) is 19.2. The monoisotopic (exact) mass is 432 g/mol. The van der Waals surface area contributed by atoms with Crippen molar-refractivity contribution in [1.29, 1.82) is 0 Å². The van der Waals surface area contributed by atoms with Gasteiger partial charge in [-0.3, -0.25) is 14.4 Å². The minimum absolute atomic E-state index is 0.00161. The van der Waals surface area contributed by atoms with Crippen molar-refractivity contribution < 1.29 is 34.8 Å². The van der Waals surface area contributed by atoms with Crippen molar-refractivity contribution in [2.75, 3.05) is 0 Å². The topological polar surface area (TPSA) is 132 Å². The quantitative estimate of drug-likeness (QED) is 0.383. The van der Waals surface area contributed by atoms with Crippen LogP contribution >= 0.6 is 0 Å². The second-order valence-electron chi connectivity index (χ2n) is 9.68. The summed E-state index contributed by atoms with van der Waals surface area (Å²) in [4.78, 5) is 38.6. The van der Waals surface area contributed by atoms with Crippen LogP contribution < -0.4 is 0 Å². The molecule has 0 bridgehead atoms. The maximum Gasteiger partial charge on any atom is 0.175 e. The van der Waals surface area contributed by atoms with E-state index in [1.165, 1.54) is 27.7 Å². The molecule has 170 valence electrons. The van der Waals surface area contributed by atoms with Gasteiger partial charge in [0, 0.05) is 29.5 Å². The molecule has 0 saturated carbocycles. The molecule has 7 nitrogen and oxygen atoms in total. The third kappa shape index (κ3) is 3.82. The average Bonchev–Trinajstić information content (AvgIpc) is 2.64. The zero-order chi connectivity index (χ0) is 24.0. The van der Waals surface area contributed by atoms with Gasteiger partial charge in [-0.15, -0.1) is 0 Å². The molecule has 0 radical (unpaired) electrons. The molecule has 0 spiro atoms. The lowest BCUT2D eigenvalue weighted by Gasteiger charge is -2.41. The van der Waals surface area contributed by atoms with E-state index in [2.05, 4.69) is 0 Å². The number of aliphatic hydroxyl groups is 1. The van der Waals surface area contributed by atoms with E-state index in [4.69, 9.17) is 0 Å². The number of carbonyl (C=O) groups excluding carboxylic acids is 3. The fraction of sp³-hybridized carbons (Fsp3) is 0.542. The SMILES string of the molecule is CCC(=O)c1c(O)cc(O)c([C@@H](CC(C)C)C2=C(O)C(C)(C)C(=O)C(C)(C)C2=O)c1O. The van der Waals surface area contributed by atoms with Crippen molar-refractivity contribution in [1.82, 2.24) is 0 Å². The summed E-state index contributed by atoms with van der Waals surface area (Å²) in [6, 6.07) is 0.956. The molecule has 0 heterocycles. The minimum atomic E-state index is -1.43. The van der Waals surface area contributed by atoms with Crippen LogP contribution in [0.1, 0.15) is 83.1 Å². The molecule has 0 amide bonds. The Labute approximate surface area is 182 Å². The summed E-state index contributed by atoms with van der Waals surface area (Å²) in [5.41, 5.74) is -3.33. The van der Waals surface area contributed by atoms with Crippen molar-refractivity contribution in [3.63, 3.8) is 0 Å². The van der Waals surface area contributed by atoms with E-state index in [0.717, 1.165) is 6.07 Å². The molecule has 0 aromatic heterocycles. The molecule has 1 aromatic rings. The molecule has 2 rings (SSSR count). The minimum Gasteiger partial charge on any atom is -0.511 e. The van der Waals surface area contributed by atoms with Crippen molar-refractivity contribution in [3.05, 3.63) is 28.5 Å². The first-order valence-electron chi connectivity index (χ1n) is 10.4. The number of aromatic hydroxyl groups is 3. The number of hydrogen-bond acceptors (Lipinski definition) is 7. The van der Waals surface area contributed by atoms with Crippen molar-refractivity contribution in [3.8, 4) is 17.2 Å². The van der Waals surface area contributed by atoms with E-state index >= 15 is 0 Å². The first-order chi connectivity index (χ1) is 14.1. The third-order valence-electron chi connectivity index (χ3n) is 6.10. The number of phenolic OH excluding ortho intramolecular Hbond substituents is 3. The summed E-state index contributed by atoms with van der Waals surface area (Å²) in [5, 5.41) is 42.8. The molecule has 0 fully saturated rings. The summed E-state index contributed by atoms with van der Waals surface area (Å²) in [5.74, 6) is -4.73. The molecular weight excluding hydrogens is 400 g/mol. The number of carbonyl (C=O) groups is 3. The maximum absolute atomic E-state index is 13.4. The Morgan fingerprint density at radius 2 is 1.52 bits per heavy atom. The molecule has 1 aromatic carbocycles. The van der Waals surface area contributed by atoms with Gasteiger partial charge in [0.25, 0.3) is 0 Å². The van der Waals surface area contributed by atoms with Crippen LogP contribution in [0, 0.1) is 16.7 Å². The fourth-order valence-corrected chi connectivity index (χ4v) is 4.40. The first kappa shape index (κ1) is 24.4. The highest BCUT2D eigenvalue weighted by Crippen LogP contribution is 2.52.